The Morgan fingerprint density at radius 3 is 2.03 bits per heavy atom. The topological polar surface area (TPSA) is 144 Å². The molecule has 0 radical (unpaired) electrons. The lowest BCUT2D eigenvalue weighted by Crippen LogP contribution is -2.54. The Balaban J connectivity index is 1.75. The van der Waals surface area contributed by atoms with E-state index in [-0.39, 0.29) is 22.1 Å². The van der Waals surface area contributed by atoms with Crippen LogP contribution in [-0.2, 0) is 10.3 Å². The van der Waals surface area contributed by atoms with E-state index in [1.54, 1.807) is 68.6 Å². The third-order valence-corrected chi connectivity index (χ3v) is 6.78. The Labute approximate surface area is 223 Å². The van der Waals surface area contributed by atoms with Gasteiger partial charge in [-0.2, -0.15) is 9.78 Å². The van der Waals surface area contributed by atoms with Crippen molar-refractivity contribution < 1.29 is 14.4 Å². The van der Waals surface area contributed by atoms with Gasteiger partial charge in [-0.05, 0) is 50.3 Å². The number of carbonyl (C=O) groups excluding carboxylic acids is 3. The summed E-state index contributed by atoms with van der Waals surface area (Å²) in [4.78, 5) is 55.5. The molecule has 38 heavy (non-hydrogen) atoms. The van der Waals surface area contributed by atoms with Gasteiger partial charge in [0.15, 0.2) is 10.7 Å². The molecule has 1 aromatic heterocycles. The van der Waals surface area contributed by atoms with Crippen LogP contribution in [0, 0.1) is 6.92 Å². The van der Waals surface area contributed by atoms with Crippen LogP contribution in [0.4, 0.5) is 21.0 Å². The van der Waals surface area contributed by atoms with E-state index in [9.17, 15) is 19.2 Å². The molecule has 0 aliphatic carbocycles. The molecule has 1 atom stereocenters. The molecule has 3 aromatic rings. The van der Waals surface area contributed by atoms with E-state index >= 15 is 0 Å². The number of likely N-dealkylation sites (N-methyl/N-ethyl adjacent to an activating group) is 2. The first kappa shape index (κ1) is 26.3. The van der Waals surface area contributed by atoms with Gasteiger partial charge in [-0.3, -0.25) is 19.6 Å². The zero-order chi connectivity index (χ0) is 27.6. The van der Waals surface area contributed by atoms with Crippen LogP contribution in [0.15, 0.2) is 70.6 Å². The van der Waals surface area contributed by atoms with E-state index in [1.165, 1.54) is 23.8 Å². The fraction of sp³-hybridized carbons (Fsp3) is 0.200. The summed E-state index contributed by atoms with van der Waals surface area (Å²) in [5, 5.41) is 12.3. The van der Waals surface area contributed by atoms with Crippen LogP contribution < -0.4 is 21.6 Å². The number of nitrogens with one attached hydrogen (secondary N) is 4. The number of nitrogens with zero attached hydrogens (tertiary/aromatic N) is 4. The maximum atomic E-state index is 13.7. The second-order valence-electron chi connectivity index (χ2n) is 8.59. The third-order valence-electron chi connectivity index (χ3n) is 6.23. The molecule has 1 aliphatic rings. The van der Waals surface area contributed by atoms with Gasteiger partial charge in [0.05, 0.1) is 11.3 Å². The smallest absolute Gasteiger partial charge is 0.328 e. The number of urea groups is 1. The van der Waals surface area contributed by atoms with E-state index in [0.29, 0.717) is 11.4 Å². The number of benzene rings is 2. The summed E-state index contributed by atoms with van der Waals surface area (Å²) < 4.78 is 0.782. The average Bonchev–Trinajstić information content (AvgIpc) is 3.29. The van der Waals surface area contributed by atoms with Gasteiger partial charge in [0.1, 0.15) is 0 Å². The zero-order valence-electron chi connectivity index (χ0n) is 21.1. The van der Waals surface area contributed by atoms with Gasteiger partial charge in [-0.15, -0.1) is 0 Å². The number of aryl methyl sites for hydroxylation is 1. The maximum absolute atomic E-state index is 13.7. The van der Waals surface area contributed by atoms with Crippen molar-refractivity contribution >= 4 is 52.4 Å². The highest BCUT2D eigenvalue weighted by Crippen LogP contribution is 2.37. The minimum Gasteiger partial charge on any atom is -0.328 e. The van der Waals surface area contributed by atoms with Crippen LogP contribution in [-0.4, -0.2) is 62.5 Å². The first-order chi connectivity index (χ1) is 18.1. The lowest BCUT2D eigenvalue weighted by molar-refractivity contribution is -0.129. The molecule has 1 fully saturated rings. The summed E-state index contributed by atoms with van der Waals surface area (Å²) in [6.45, 7) is 3.06. The number of H-pyrrole nitrogens is 1. The molecule has 12 nitrogen and oxygen atoms in total. The Morgan fingerprint density at radius 1 is 0.947 bits per heavy atom. The summed E-state index contributed by atoms with van der Waals surface area (Å²) in [6.07, 6.45) is 0. The largest absolute Gasteiger partial charge is 0.348 e. The molecular formula is C25H26N8O4S. The Morgan fingerprint density at radius 2 is 1.50 bits per heavy atom. The van der Waals surface area contributed by atoms with Crippen molar-refractivity contribution in [3.63, 3.8) is 0 Å². The highest BCUT2D eigenvalue weighted by atomic mass is 32.1. The van der Waals surface area contributed by atoms with Crippen molar-refractivity contribution in [3.8, 4) is 0 Å². The number of aromatic nitrogens is 2. The Kier molecular flexibility index (Phi) is 7.12. The van der Waals surface area contributed by atoms with Crippen LogP contribution in [0.3, 0.4) is 0 Å². The summed E-state index contributed by atoms with van der Waals surface area (Å²) >= 11 is 5.44. The van der Waals surface area contributed by atoms with Crippen LogP contribution in [0.1, 0.15) is 18.2 Å². The molecule has 1 aliphatic heterocycles. The highest BCUT2D eigenvalue weighted by Gasteiger charge is 2.59. The maximum Gasteiger partial charge on any atom is 0.348 e. The molecule has 0 saturated carbocycles. The quantitative estimate of drug-likeness (QED) is 0.225. The van der Waals surface area contributed by atoms with E-state index in [4.69, 9.17) is 12.2 Å². The van der Waals surface area contributed by atoms with Crippen molar-refractivity contribution in [1.29, 1.82) is 0 Å². The lowest BCUT2D eigenvalue weighted by atomic mass is 9.84. The van der Waals surface area contributed by atoms with Crippen molar-refractivity contribution in [2.75, 3.05) is 24.7 Å². The van der Waals surface area contributed by atoms with Crippen molar-refractivity contribution in [2.24, 2.45) is 5.10 Å². The molecule has 4 N–H and O–H groups in total. The predicted molar refractivity (Wildman–Crippen MR) is 147 cm³/mol. The molecule has 4 amide bonds. The van der Waals surface area contributed by atoms with E-state index in [1.807, 2.05) is 6.07 Å². The van der Waals surface area contributed by atoms with Gasteiger partial charge < -0.3 is 15.5 Å². The molecule has 0 spiro atoms. The second kappa shape index (κ2) is 10.3. The summed E-state index contributed by atoms with van der Waals surface area (Å²) in [7, 11) is 3.03. The summed E-state index contributed by atoms with van der Waals surface area (Å²) in [6, 6.07) is 15.9. The number of para-hydroxylation sites is 2. The molecule has 196 valence electrons. The minimum absolute atomic E-state index is 0.0496. The van der Waals surface area contributed by atoms with Crippen LogP contribution in [0.25, 0.3) is 0 Å². The first-order valence-corrected chi connectivity index (χ1v) is 11.9. The Bertz CT molecular complexity index is 1500. The number of carbonyl (C=O) groups is 3. The van der Waals surface area contributed by atoms with Gasteiger partial charge >= 0.3 is 12.1 Å². The second-order valence-corrected chi connectivity index (χ2v) is 8.96. The van der Waals surface area contributed by atoms with E-state index in [0.717, 1.165) is 4.68 Å². The molecule has 4 rings (SSSR count). The molecule has 0 bridgehead atoms. The van der Waals surface area contributed by atoms with E-state index < -0.39 is 29.1 Å². The Hall–Kier alpha value is -4.78. The zero-order valence-corrected chi connectivity index (χ0v) is 21.9. The highest BCUT2D eigenvalue weighted by molar-refractivity contribution is 7.80. The summed E-state index contributed by atoms with van der Waals surface area (Å²) in [5.74, 6) is -0.564. The van der Waals surface area contributed by atoms with Gasteiger partial charge in [-0.25, -0.2) is 15.0 Å². The predicted octanol–water partition coefficient (Wildman–Crippen LogP) is 2.65. The van der Waals surface area contributed by atoms with Crippen molar-refractivity contribution in [1.82, 2.24) is 25.0 Å². The number of anilines is 2. The fourth-order valence-electron chi connectivity index (χ4n) is 4.41. The molecular weight excluding hydrogens is 508 g/mol. The summed E-state index contributed by atoms with van der Waals surface area (Å²) in [5.41, 5.74) is 1.07. The lowest BCUT2D eigenvalue weighted by Gasteiger charge is -2.32. The fourth-order valence-corrected chi connectivity index (χ4v) is 4.63. The van der Waals surface area contributed by atoms with Crippen molar-refractivity contribution in [2.45, 2.75) is 19.4 Å². The SMILES string of the molecule is CC(=NNC(=O)Nc1ccccc1)C1(c2c(C)[nH]n(C(=O)Nc3ccccc3)c2=O)C(=O)N(C)C(=S)N1C. The van der Waals surface area contributed by atoms with Gasteiger partial charge in [-0.1, -0.05) is 36.4 Å². The monoisotopic (exact) mass is 534 g/mol. The normalized spacial score (nSPS) is 17.5. The van der Waals surface area contributed by atoms with Crippen LogP contribution in [0.5, 0.6) is 0 Å². The molecule has 1 saturated heterocycles. The third kappa shape index (κ3) is 4.43. The number of amides is 4. The van der Waals surface area contributed by atoms with Gasteiger partial charge in [0.2, 0.25) is 0 Å². The molecule has 2 heterocycles. The standard InChI is InChI=1S/C25H26N8O4S/c1-15-19(20(34)33(30-15)23(37)27-18-13-9-6-10-14-18)25(21(35)31(3)24(38)32(25)4)16(2)28-29-22(36)26-17-11-7-5-8-12-17/h5-14,30H,1-4H3,(H,27,37)(H2,26,29,36). The number of hydrogen-bond donors (Lipinski definition) is 4. The number of rotatable bonds is 5. The van der Waals surface area contributed by atoms with Crippen LogP contribution >= 0.6 is 12.2 Å². The number of aromatic amines is 1. The number of hydrogen-bond acceptors (Lipinski definition) is 6. The molecule has 13 heteroatoms. The number of thiocarbonyl (C=S) groups is 1. The van der Waals surface area contributed by atoms with Gasteiger partial charge in [0.25, 0.3) is 11.5 Å². The van der Waals surface area contributed by atoms with E-state index in [2.05, 4.69) is 26.3 Å². The average molecular weight is 535 g/mol. The van der Waals surface area contributed by atoms with Gasteiger partial charge in [0, 0.05) is 31.2 Å². The molecule has 1 unspecified atom stereocenters. The molecule has 2 aromatic carbocycles. The van der Waals surface area contributed by atoms with Crippen LogP contribution in [0.2, 0.25) is 0 Å². The van der Waals surface area contributed by atoms with Crippen molar-refractivity contribution in [3.05, 3.63) is 82.3 Å². The minimum atomic E-state index is -1.82. The first-order valence-electron chi connectivity index (χ1n) is 11.5. The number of hydrazone groups is 1.